The summed E-state index contributed by atoms with van der Waals surface area (Å²) in [5.74, 6) is -0.157. The van der Waals surface area contributed by atoms with Crippen molar-refractivity contribution in [1.82, 2.24) is 15.5 Å². The van der Waals surface area contributed by atoms with E-state index in [0.29, 0.717) is 5.75 Å². The van der Waals surface area contributed by atoms with Gasteiger partial charge in [0.1, 0.15) is 17.8 Å². The van der Waals surface area contributed by atoms with Gasteiger partial charge in [0.15, 0.2) is 0 Å². The van der Waals surface area contributed by atoms with E-state index in [1.807, 2.05) is 18.2 Å². The van der Waals surface area contributed by atoms with Gasteiger partial charge in [-0.05, 0) is 19.9 Å². The molecule has 0 bridgehead atoms. The number of nitrogens with zero attached hydrogens (tertiary/aromatic N) is 1. The molecule has 1 aromatic rings. The van der Waals surface area contributed by atoms with Crippen molar-refractivity contribution in [3.8, 4) is 5.75 Å². The van der Waals surface area contributed by atoms with Gasteiger partial charge in [-0.15, -0.1) is 0 Å². The molecule has 118 valence electrons. The molecule has 1 saturated heterocycles. The number of hydrogen-bond donors (Lipinski definition) is 2. The molecular weight excluding hydrogens is 286 g/mol. The highest BCUT2D eigenvalue weighted by Crippen LogP contribution is 2.17. The lowest BCUT2D eigenvalue weighted by atomic mass is 10.1. The maximum atomic E-state index is 12.0. The average Bonchev–Trinajstić information content (AvgIpc) is 2.67. The van der Waals surface area contributed by atoms with Crippen molar-refractivity contribution in [2.75, 3.05) is 13.7 Å². The number of carbonyl (C=O) groups excluding carboxylic acids is 3. The maximum absolute atomic E-state index is 12.0. The third-order valence-electron chi connectivity index (χ3n) is 3.41. The van der Waals surface area contributed by atoms with E-state index in [1.165, 1.54) is 0 Å². The first kappa shape index (κ1) is 15.8. The van der Waals surface area contributed by atoms with Crippen molar-refractivity contribution in [1.29, 1.82) is 0 Å². The number of nitrogens with one attached hydrogen (secondary N) is 2. The van der Waals surface area contributed by atoms with Crippen LogP contribution in [-0.4, -0.2) is 41.9 Å². The molecule has 0 aliphatic carbocycles. The van der Waals surface area contributed by atoms with Crippen LogP contribution in [-0.2, 0) is 16.1 Å². The van der Waals surface area contributed by atoms with E-state index in [-0.39, 0.29) is 13.1 Å². The van der Waals surface area contributed by atoms with Crippen LogP contribution in [0.25, 0.3) is 0 Å². The Morgan fingerprint density at radius 3 is 2.59 bits per heavy atom. The van der Waals surface area contributed by atoms with Gasteiger partial charge in [0.05, 0.1) is 7.11 Å². The molecule has 2 rings (SSSR count). The fraction of sp³-hybridized carbons (Fsp3) is 0.400. The van der Waals surface area contributed by atoms with Crippen LogP contribution in [0.2, 0.25) is 0 Å². The number of rotatable bonds is 5. The molecule has 0 radical (unpaired) electrons. The van der Waals surface area contributed by atoms with Crippen molar-refractivity contribution < 1.29 is 19.1 Å². The highest BCUT2D eigenvalue weighted by molar-refractivity contribution is 6.08. The Kier molecular flexibility index (Phi) is 4.35. The summed E-state index contributed by atoms with van der Waals surface area (Å²) < 4.78 is 5.19. The van der Waals surface area contributed by atoms with Crippen LogP contribution in [0.4, 0.5) is 4.79 Å². The van der Waals surface area contributed by atoms with E-state index >= 15 is 0 Å². The second kappa shape index (κ2) is 6.05. The van der Waals surface area contributed by atoms with E-state index in [4.69, 9.17) is 4.74 Å². The number of imide groups is 1. The summed E-state index contributed by atoms with van der Waals surface area (Å²) in [5.41, 5.74) is -0.157. The molecule has 1 heterocycles. The summed E-state index contributed by atoms with van der Waals surface area (Å²) in [6, 6.07) is 6.74. The van der Waals surface area contributed by atoms with Crippen molar-refractivity contribution >= 4 is 17.8 Å². The van der Waals surface area contributed by atoms with Crippen LogP contribution < -0.4 is 15.4 Å². The van der Waals surface area contributed by atoms with E-state index in [9.17, 15) is 14.4 Å². The molecule has 2 N–H and O–H groups in total. The minimum atomic E-state index is -0.972. The summed E-state index contributed by atoms with van der Waals surface area (Å²) in [5, 5.41) is 5.20. The molecule has 0 saturated carbocycles. The standard InChI is InChI=1S/C15H19N3O4/c1-15(2)13(20)18(14(21)17-15)9-12(19)16-8-10-6-4-5-7-11(10)22-3/h4-7H,8-9H2,1-3H3,(H,16,19)(H,17,21). The number of para-hydroxylation sites is 1. The Bertz CT molecular complexity index is 613. The minimum absolute atomic E-state index is 0.260. The molecule has 0 aromatic heterocycles. The van der Waals surface area contributed by atoms with Crippen LogP contribution in [0.5, 0.6) is 5.75 Å². The van der Waals surface area contributed by atoms with Crippen molar-refractivity contribution in [3.63, 3.8) is 0 Å². The second-order valence-corrected chi connectivity index (χ2v) is 5.54. The minimum Gasteiger partial charge on any atom is -0.496 e. The Hall–Kier alpha value is -2.57. The van der Waals surface area contributed by atoms with Gasteiger partial charge in [0.2, 0.25) is 5.91 Å². The van der Waals surface area contributed by atoms with Crippen LogP contribution in [0.15, 0.2) is 24.3 Å². The van der Waals surface area contributed by atoms with Crippen LogP contribution in [0.1, 0.15) is 19.4 Å². The predicted octanol–water partition coefficient (Wildman–Crippen LogP) is 0.642. The smallest absolute Gasteiger partial charge is 0.325 e. The van der Waals surface area contributed by atoms with Gasteiger partial charge in [0, 0.05) is 12.1 Å². The zero-order chi connectivity index (χ0) is 16.3. The van der Waals surface area contributed by atoms with E-state index < -0.39 is 23.4 Å². The van der Waals surface area contributed by atoms with Gasteiger partial charge in [-0.2, -0.15) is 0 Å². The topological polar surface area (TPSA) is 87.7 Å². The van der Waals surface area contributed by atoms with E-state index in [2.05, 4.69) is 10.6 Å². The van der Waals surface area contributed by atoms with Gasteiger partial charge in [-0.3, -0.25) is 14.5 Å². The van der Waals surface area contributed by atoms with Crippen molar-refractivity contribution in [2.24, 2.45) is 0 Å². The number of ether oxygens (including phenoxy) is 1. The number of carbonyl (C=O) groups is 3. The average molecular weight is 305 g/mol. The summed E-state index contributed by atoms with van der Waals surface area (Å²) >= 11 is 0. The van der Waals surface area contributed by atoms with Gasteiger partial charge >= 0.3 is 6.03 Å². The highest BCUT2D eigenvalue weighted by Gasteiger charge is 2.44. The van der Waals surface area contributed by atoms with E-state index in [1.54, 1.807) is 27.0 Å². The largest absolute Gasteiger partial charge is 0.496 e. The van der Waals surface area contributed by atoms with Crippen LogP contribution in [0.3, 0.4) is 0 Å². The Balaban J connectivity index is 1.94. The third kappa shape index (κ3) is 3.19. The van der Waals surface area contributed by atoms with Gasteiger partial charge in [-0.1, -0.05) is 18.2 Å². The zero-order valence-corrected chi connectivity index (χ0v) is 12.8. The number of methoxy groups -OCH3 is 1. The maximum Gasteiger partial charge on any atom is 0.325 e. The molecule has 22 heavy (non-hydrogen) atoms. The number of hydrogen-bond acceptors (Lipinski definition) is 4. The number of benzene rings is 1. The molecule has 0 unspecified atom stereocenters. The van der Waals surface area contributed by atoms with E-state index in [0.717, 1.165) is 10.5 Å². The molecular formula is C15H19N3O4. The highest BCUT2D eigenvalue weighted by atomic mass is 16.5. The Morgan fingerprint density at radius 1 is 1.32 bits per heavy atom. The Labute approximate surface area is 128 Å². The summed E-state index contributed by atoms with van der Waals surface area (Å²) in [6.45, 7) is 3.15. The number of amides is 4. The predicted molar refractivity (Wildman–Crippen MR) is 79.2 cm³/mol. The summed E-state index contributed by atoms with van der Waals surface area (Å²) in [7, 11) is 1.55. The lowest BCUT2D eigenvalue weighted by molar-refractivity contribution is -0.134. The van der Waals surface area contributed by atoms with Crippen LogP contribution >= 0.6 is 0 Å². The lowest BCUT2D eigenvalue weighted by Crippen LogP contribution is -2.43. The number of urea groups is 1. The van der Waals surface area contributed by atoms with Gasteiger partial charge in [-0.25, -0.2) is 4.79 Å². The summed E-state index contributed by atoms with van der Waals surface area (Å²) in [4.78, 5) is 36.6. The summed E-state index contributed by atoms with van der Waals surface area (Å²) in [6.07, 6.45) is 0. The molecule has 1 aromatic carbocycles. The first-order valence-corrected chi connectivity index (χ1v) is 6.88. The first-order chi connectivity index (χ1) is 10.3. The van der Waals surface area contributed by atoms with Gasteiger partial charge in [0.25, 0.3) is 5.91 Å². The monoisotopic (exact) mass is 305 g/mol. The quantitative estimate of drug-likeness (QED) is 0.782. The molecule has 1 aliphatic rings. The molecule has 1 fully saturated rings. The molecule has 7 nitrogen and oxygen atoms in total. The first-order valence-electron chi connectivity index (χ1n) is 6.88. The normalized spacial score (nSPS) is 16.4. The molecule has 7 heteroatoms. The lowest BCUT2D eigenvalue weighted by Gasteiger charge is -2.16. The van der Waals surface area contributed by atoms with Gasteiger partial charge < -0.3 is 15.4 Å². The zero-order valence-electron chi connectivity index (χ0n) is 12.8. The van der Waals surface area contributed by atoms with Crippen molar-refractivity contribution in [3.05, 3.63) is 29.8 Å². The fourth-order valence-corrected chi connectivity index (χ4v) is 2.20. The second-order valence-electron chi connectivity index (χ2n) is 5.54. The molecule has 0 spiro atoms. The molecule has 4 amide bonds. The fourth-order valence-electron chi connectivity index (χ4n) is 2.20. The SMILES string of the molecule is COc1ccccc1CNC(=O)CN1C(=O)NC(C)(C)C1=O. The Morgan fingerprint density at radius 2 is 2.00 bits per heavy atom. The van der Waals surface area contributed by atoms with Crippen LogP contribution in [0, 0.1) is 0 Å². The van der Waals surface area contributed by atoms with Crippen molar-refractivity contribution in [2.45, 2.75) is 25.9 Å². The third-order valence-corrected chi connectivity index (χ3v) is 3.41. The molecule has 1 aliphatic heterocycles. The molecule has 0 atom stereocenters.